The topological polar surface area (TPSA) is 63.9 Å². The first-order chi connectivity index (χ1) is 9.15. The summed E-state index contributed by atoms with van der Waals surface area (Å²) in [7, 11) is 1.45. The molecular weight excluding hydrogens is 245 g/mol. The van der Waals surface area contributed by atoms with Gasteiger partial charge in [-0.2, -0.15) is 0 Å². The zero-order valence-electron chi connectivity index (χ0n) is 11.1. The van der Waals surface area contributed by atoms with E-state index in [0.717, 1.165) is 23.5 Å². The van der Waals surface area contributed by atoms with Crippen molar-refractivity contribution in [3.05, 3.63) is 36.0 Å². The number of hydrogen-bond donors (Lipinski definition) is 2. The Labute approximate surface area is 111 Å². The molecule has 1 heterocycles. The normalized spacial score (nSPS) is 12.4. The molecule has 1 aromatic heterocycles. The fourth-order valence-electron chi connectivity index (χ4n) is 1.95. The third kappa shape index (κ3) is 2.93. The molecule has 0 radical (unpaired) electrons. The number of nitrogens with zero attached hydrogens (tertiary/aromatic N) is 1. The number of aromatic amines is 1. The van der Waals surface area contributed by atoms with Crippen LogP contribution in [0.1, 0.15) is 25.1 Å². The van der Waals surface area contributed by atoms with Crippen molar-refractivity contribution in [3.8, 4) is 17.0 Å². The van der Waals surface area contributed by atoms with E-state index in [2.05, 4.69) is 16.9 Å². The van der Waals surface area contributed by atoms with Crippen LogP contribution in [0.3, 0.4) is 0 Å². The summed E-state index contributed by atoms with van der Waals surface area (Å²) < 4.78 is 18.5. The molecule has 1 atom stereocenters. The van der Waals surface area contributed by atoms with Gasteiger partial charge in [-0.1, -0.05) is 6.92 Å². The smallest absolute Gasteiger partial charge is 0.165 e. The fourth-order valence-corrected chi connectivity index (χ4v) is 1.95. The van der Waals surface area contributed by atoms with Crippen LogP contribution in [0.25, 0.3) is 11.3 Å². The van der Waals surface area contributed by atoms with Gasteiger partial charge >= 0.3 is 0 Å². The van der Waals surface area contributed by atoms with Crippen molar-refractivity contribution in [3.63, 3.8) is 0 Å². The lowest BCUT2D eigenvalue weighted by molar-refractivity contribution is 0.386. The molecule has 5 heteroatoms. The Kier molecular flexibility index (Phi) is 4.16. The molecule has 1 unspecified atom stereocenters. The standard InChI is InChI=1S/C14H18FN3O/c1-9(5-6-16)14-17-8-12(18-14)10-3-4-13(19-2)11(15)7-10/h3-4,7-9H,5-6,16H2,1-2H3,(H,17,18). The van der Waals surface area contributed by atoms with Gasteiger partial charge < -0.3 is 15.5 Å². The number of methoxy groups -OCH3 is 1. The molecule has 0 saturated carbocycles. The Morgan fingerprint density at radius 1 is 1.47 bits per heavy atom. The Hall–Kier alpha value is -1.88. The molecule has 0 spiro atoms. The largest absolute Gasteiger partial charge is 0.494 e. The van der Waals surface area contributed by atoms with Gasteiger partial charge in [-0.05, 0) is 31.2 Å². The molecule has 2 rings (SSSR count). The summed E-state index contributed by atoms with van der Waals surface area (Å²) in [5.41, 5.74) is 7.07. The van der Waals surface area contributed by atoms with E-state index in [9.17, 15) is 4.39 Å². The van der Waals surface area contributed by atoms with Crippen LogP contribution in [-0.2, 0) is 0 Å². The molecule has 0 bridgehead atoms. The number of H-pyrrole nitrogens is 1. The van der Waals surface area contributed by atoms with E-state index < -0.39 is 0 Å². The number of nitrogens with one attached hydrogen (secondary N) is 1. The molecule has 2 aromatic rings. The SMILES string of the molecule is COc1ccc(-c2cnc(C(C)CCN)[nH]2)cc1F. The highest BCUT2D eigenvalue weighted by Crippen LogP contribution is 2.25. The Bertz CT molecular complexity index is 553. The van der Waals surface area contributed by atoms with E-state index in [4.69, 9.17) is 10.5 Å². The molecule has 1 aromatic carbocycles. The van der Waals surface area contributed by atoms with E-state index in [0.29, 0.717) is 6.54 Å². The van der Waals surface area contributed by atoms with Crippen LogP contribution in [0.15, 0.2) is 24.4 Å². The van der Waals surface area contributed by atoms with Crippen molar-refractivity contribution >= 4 is 0 Å². The first-order valence-electron chi connectivity index (χ1n) is 6.24. The van der Waals surface area contributed by atoms with Gasteiger partial charge in [0, 0.05) is 11.5 Å². The number of ether oxygens (including phenoxy) is 1. The molecule has 0 fully saturated rings. The summed E-state index contributed by atoms with van der Waals surface area (Å²) in [6, 6.07) is 4.84. The zero-order chi connectivity index (χ0) is 13.8. The molecule has 102 valence electrons. The number of halogens is 1. The average Bonchev–Trinajstić information content (AvgIpc) is 2.88. The van der Waals surface area contributed by atoms with Gasteiger partial charge in [0.25, 0.3) is 0 Å². The van der Waals surface area contributed by atoms with Gasteiger partial charge in [-0.3, -0.25) is 0 Å². The van der Waals surface area contributed by atoms with E-state index in [1.165, 1.54) is 13.2 Å². The summed E-state index contributed by atoms with van der Waals surface area (Å²) in [4.78, 5) is 7.52. The molecule has 4 nitrogen and oxygen atoms in total. The first-order valence-corrected chi connectivity index (χ1v) is 6.24. The highest BCUT2D eigenvalue weighted by Gasteiger charge is 2.11. The number of nitrogens with two attached hydrogens (primary N) is 1. The highest BCUT2D eigenvalue weighted by atomic mass is 19.1. The molecule has 0 aliphatic heterocycles. The van der Waals surface area contributed by atoms with Crippen molar-refractivity contribution < 1.29 is 9.13 Å². The van der Waals surface area contributed by atoms with Gasteiger partial charge in [0.15, 0.2) is 11.6 Å². The van der Waals surface area contributed by atoms with Gasteiger partial charge in [0.1, 0.15) is 5.82 Å². The quantitative estimate of drug-likeness (QED) is 0.871. The number of aromatic nitrogens is 2. The summed E-state index contributed by atoms with van der Waals surface area (Å²) in [5, 5.41) is 0. The fraction of sp³-hybridized carbons (Fsp3) is 0.357. The average molecular weight is 263 g/mol. The predicted octanol–water partition coefficient (Wildman–Crippen LogP) is 2.68. The van der Waals surface area contributed by atoms with Crippen molar-refractivity contribution in [2.24, 2.45) is 5.73 Å². The van der Waals surface area contributed by atoms with Crippen molar-refractivity contribution in [1.82, 2.24) is 9.97 Å². The van der Waals surface area contributed by atoms with E-state index in [1.54, 1.807) is 18.3 Å². The molecule has 0 saturated heterocycles. The Morgan fingerprint density at radius 2 is 2.26 bits per heavy atom. The minimum atomic E-state index is -0.383. The zero-order valence-corrected chi connectivity index (χ0v) is 11.1. The van der Waals surface area contributed by atoms with Gasteiger partial charge in [0.2, 0.25) is 0 Å². The monoisotopic (exact) mass is 263 g/mol. The van der Waals surface area contributed by atoms with Gasteiger partial charge in [0.05, 0.1) is 19.0 Å². The maximum Gasteiger partial charge on any atom is 0.165 e. The Balaban J connectivity index is 2.25. The highest BCUT2D eigenvalue weighted by molar-refractivity contribution is 5.60. The molecule has 19 heavy (non-hydrogen) atoms. The third-order valence-corrected chi connectivity index (χ3v) is 3.12. The lowest BCUT2D eigenvalue weighted by Crippen LogP contribution is -2.05. The van der Waals surface area contributed by atoms with Gasteiger partial charge in [-0.15, -0.1) is 0 Å². The molecule has 3 N–H and O–H groups in total. The molecule has 0 aliphatic carbocycles. The Morgan fingerprint density at radius 3 is 2.89 bits per heavy atom. The van der Waals surface area contributed by atoms with Crippen molar-refractivity contribution in [1.29, 1.82) is 0 Å². The summed E-state index contributed by atoms with van der Waals surface area (Å²) >= 11 is 0. The third-order valence-electron chi connectivity index (χ3n) is 3.12. The second-order valence-electron chi connectivity index (χ2n) is 4.51. The number of rotatable bonds is 5. The summed E-state index contributed by atoms with van der Waals surface area (Å²) in [6.07, 6.45) is 2.58. The van der Waals surface area contributed by atoms with Gasteiger partial charge in [-0.25, -0.2) is 9.37 Å². The predicted molar refractivity (Wildman–Crippen MR) is 72.6 cm³/mol. The summed E-state index contributed by atoms with van der Waals surface area (Å²) in [6.45, 7) is 2.68. The minimum absolute atomic E-state index is 0.236. The van der Waals surface area contributed by atoms with Crippen LogP contribution in [0.5, 0.6) is 5.75 Å². The molecule has 0 amide bonds. The first kappa shape index (κ1) is 13.5. The summed E-state index contributed by atoms with van der Waals surface area (Å²) in [5.74, 6) is 0.990. The van der Waals surface area contributed by atoms with Crippen LogP contribution in [-0.4, -0.2) is 23.6 Å². The van der Waals surface area contributed by atoms with E-state index in [-0.39, 0.29) is 17.5 Å². The van der Waals surface area contributed by atoms with Crippen LogP contribution in [0, 0.1) is 5.82 Å². The second kappa shape index (κ2) is 5.84. The van der Waals surface area contributed by atoms with Crippen molar-refractivity contribution in [2.45, 2.75) is 19.3 Å². The maximum atomic E-state index is 13.6. The maximum absolute atomic E-state index is 13.6. The van der Waals surface area contributed by atoms with Crippen LogP contribution >= 0.6 is 0 Å². The van der Waals surface area contributed by atoms with Crippen LogP contribution in [0.4, 0.5) is 4.39 Å². The second-order valence-corrected chi connectivity index (χ2v) is 4.51. The van der Waals surface area contributed by atoms with E-state index >= 15 is 0 Å². The van der Waals surface area contributed by atoms with E-state index in [1.807, 2.05) is 0 Å². The lowest BCUT2D eigenvalue weighted by Gasteiger charge is -2.06. The van der Waals surface area contributed by atoms with Crippen molar-refractivity contribution in [2.75, 3.05) is 13.7 Å². The molecule has 0 aliphatic rings. The number of benzene rings is 1. The van der Waals surface area contributed by atoms with Crippen LogP contribution < -0.4 is 10.5 Å². The minimum Gasteiger partial charge on any atom is -0.494 e. The lowest BCUT2D eigenvalue weighted by atomic mass is 10.1. The number of imidazole rings is 1. The number of hydrogen-bond acceptors (Lipinski definition) is 3. The molecular formula is C14H18FN3O. The van der Waals surface area contributed by atoms with Crippen LogP contribution in [0.2, 0.25) is 0 Å².